The number of halogens is 2. The number of carbonyl (C=O) groups is 2. The van der Waals surface area contributed by atoms with E-state index >= 15 is 0 Å². The quantitative estimate of drug-likeness (QED) is 0.840. The van der Waals surface area contributed by atoms with Gasteiger partial charge in [-0.1, -0.05) is 22.0 Å². The summed E-state index contributed by atoms with van der Waals surface area (Å²) in [5.41, 5.74) is 1.05. The van der Waals surface area contributed by atoms with Crippen LogP contribution in [0.1, 0.15) is 23.2 Å². The summed E-state index contributed by atoms with van der Waals surface area (Å²) in [7, 11) is 0. The predicted octanol–water partition coefficient (Wildman–Crippen LogP) is 4.19. The zero-order valence-corrected chi connectivity index (χ0v) is 13.7. The van der Waals surface area contributed by atoms with Crippen LogP contribution in [0, 0.1) is 11.7 Å². The van der Waals surface area contributed by atoms with Gasteiger partial charge < -0.3 is 10.6 Å². The number of amides is 2. The molecule has 118 valence electrons. The van der Waals surface area contributed by atoms with E-state index in [2.05, 4.69) is 26.6 Å². The van der Waals surface area contributed by atoms with Crippen molar-refractivity contribution in [3.63, 3.8) is 0 Å². The maximum absolute atomic E-state index is 13.7. The Kier molecular flexibility index (Phi) is 4.43. The Morgan fingerprint density at radius 1 is 1.04 bits per heavy atom. The van der Waals surface area contributed by atoms with Gasteiger partial charge in [0.05, 0.1) is 5.56 Å². The zero-order valence-electron chi connectivity index (χ0n) is 12.1. The molecule has 23 heavy (non-hydrogen) atoms. The summed E-state index contributed by atoms with van der Waals surface area (Å²) in [5, 5.41) is 5.44. The van der Waals surface area contributed by atoms with E-state index in [4.69, 9.17) is 0 Å². The summed E-state index contributed by atoms with van der Waals surface area (Å²) in [4.78, 5) is 23.9. The van der Waals surface area contributed by atoms with Crippen LogP contribution < -0.4 is 10.6 Å². The van der Waals surface area contributed by atoms with Gasteiger partial charge in [0, 0.05) is 21.8 Å². The van der Waals surface area contributed by atoms with E-state index in [1.54, 1.807) is 24.3 Å². The highest BCUT2D eigenvalue weighted by atomic mass is 79.9. The molecule has 0 heterocycles. The molecule has 2 amide bonds. The Morgan fingerprint density at radius 3 is 2.43 bits per heavy atom. The van der Waals surface area contributed by atoms with E-state index in [-0.39, 0.29) is 17.4 Å². The molecule has 2 N–H and O–H groups in total. The second-order valence-corrected chi connectivity index (χ2v) is 6.34. The Bertz CT molecular complexity index is 775. The highest BCUT2D eigenvalue weighted by Gasteiger charge is 2.29. The third-order valence-corrected chi connectivity index (χ3v) is 4.00. The van der Waals surface area contributed by atoms with Crippen molar-refractivity contribution in [1.82, 2.24) is 0 Å². The van der Waals surface area contributed by atoms with Gasteiger partial charge in [-0.2, -0.15) is 0 Å². The smallest absolute Gasteiger partial charge is 0.258 e. The average Bonchev–Trinajstić information content (AvgIpc) is 3.35. The van der Waals surface area contributed by atoms with Gasteiger partial charge >= 0.3 is 0 Å². The molecular formula is C17H14BrFN2O2. The van der Waals surface area contributed by atoms with Crippen LogP contribution in [0.25, 0.3) is 0 Å². The summed E-state index contributed by atoms with van der Waals surface area (Å²) < 4.78 is 14.4. The lowest BCUT2D eigenvalue weighted by Crippen LogP contribution is -2.15. The van der Waals surface area contributed by atoms with E-state index in [0.717, 1.165) is 12.8 Å². The van der Waals surface area contributed by atoms with Crippen molar-refractivity contribution >= 4 is 39.1 Å². The lowest BCUT2D eigenvalue weighted by Gasteiger charge is -2.09. The lowest BCUT2D eigenvalue weighted by atomic mass is 10.2. The molecule has 0 saturated heterocycles. The molecule has 0 aliphatic heterocycles. The van der Waals surface area contributed by atoms with Crippen molar-refractivity contribution in [3.05, 3.63) is 58.3 Å². The van der Waals surface area contributed by atoms with E-state index in [1.807, 2.05) is 0 Å². The van der Waals surface area contributed by atoms with Gasteiger partial charge in [0.2, 0.25) is 5.91 Å². The van der Waals surface area contributed by atoms with Gasteiger partial charge in [0.1, 0.15) is 5.82 Å². The standard InChI is InChI=1S/C17H14BrFN2O2/c18-11-6-7-15(19)14(8-11)17(23)21-13-3-1-2-12(9-13)20-16(22)10-4-5-10/h1-3,6-10H,4-5H2,(H,20,22)(H,21,23). The van der Waals surface area contributed by atoms with Gasteiger partial charge in [-0.05, 0) is 49.2 Å². The third kappa shape index (κ3) is 3.96. The normalized spacial score (nSPS) is 13.5. The maximum atomic E-state index is 13.7. The van der Waals surface area contributed by atoms with E-state index < -0.39 is 11.7 Å². The highest BCUT2D eigenvalue weighted by molar-refractivity contribution is 9.10. The Labute approximate surface area is 141 Å². The third-order valence-electron chi connectivity index (χ3n) is 3.51. The number of anilines is 2. The number of hydrogen-bond donors (Lipinski definition) is 2. The number of hydrogen-bond acceptors (Lipinski definition) is 2. The molecule has 0 unspecified atom stereocenters. The number of nitrogens with one attached hydrogen (secondary N) is 2. The Hall–Kier alpha value is -2.21. The van der Waals surface area contributed by atoms with Crippen molar-refractivity contribution in [1.29, 1.82) is 0 Å². The zero-order chi connectivity index (χ0) is 16.4. The molecule has 0 aromatic heterocycles. The molecule has 6 heteroatoms. The van der Waals surface area contributed by atoms with Crippen LogP contribution in [0.4, 0.5) is 15.8 Å². The molecule has 0 spiro atoms. The summed E-state index contributed by atoms with van der Waals surface area (Å²) in [6, 6.07) is 11.0. The van der Waals surface area contributed by atoms with Crippen molar-refractivity contribution in [2.24, 2.45) is 5.92 Å². The summed E-state index contributed by atoms with van der Waals surface area (Å²) >= 11 is 3.21. The number of rotatable bonds is 4. The molecule has 0 bridgehead atoms. The van der Waals surface area contributed by atoms with E-state index in [0.29, 0.717) is 15.8 Å². The Morgan fingerprint density at radius 2 is 1.74 bits per heavy atom. The molecule has 2 aromatic rings. The predicted molar refractivity (Wildman–Crippen MR) is 89.8 cm³/mol. The molecule has 0 atom stereocenters. The first-order valence-electron chi connectivity index (χ1n) is 7.20. The van der Waals surface area contributed by atoms with Crippen LogP contribution in [-0.2, 0) is 4.79 Å². The monoisotopic (exact) mass is 376 g/mol. The molecule has 1 aliphatic rings. The number of carbonyl (C=O) groups excluding carboxylic acids is 2. The molecule has 1 aliphatic carbocycles. The highest BCUT2D eigenvalue weighted by Crippen LogP contribution is 2.30. The molecule has 1 fully saturated rings. The van der Waals surface area contributed by atoms with Gasteiger partial charge in [-0.25, -0.2) is 4.39 Å². The van der Waals surface area contributed by atoms with Crippen LogP contribution in [0.5, 0.6) is 0 Å². The van der Waals surface area contributed by atoms with Crippen LogP contribution >= 0.6 is 15.9 Å². The van der Waals surface area contributed by atoms with Crippen LogP contribution in [0.15, 0.2) is 46.9 Å². The minimum Gasteiger partial charge on any atom is -0.326 e. The topological polar surface area (TPSA) is 58.2 Å². The molecule has 0 radical (unpaired) electrons. The second-order valence-electron chi connectivity index (χ2n) is 5.42. The molecule has 4 nitrogen and oxygen atoms in total. The van der Waals surface area contributed by atoms with Crippen LogP contribution in [0.2, 0.25) is 0 Å². The molecule has 1 saturated carbocycles. The first-order chi connectivity index (χ1) is 11.0. The lowest BCUT2D eigenvalue weighted by molar-refractivity contribution is -0.117. The average molecular weight is 377 g/mol. The van der Waals surface area contributed by atoms with Crippen molar-refractivity contribution in [3.8, 4) is 0 Å². The van der Waals surface area contributed by atoms with E-state index in [9.17, 15) is 14.0 Å². The van der Waals surface area contributed by atoms with Gasteiger partial charge in [0.25, 0.3) is 5.91 Å². The maximum Gasteiger partial charge on any atom is 0.258 e. The summed E-state index contributed by atoms with van der Waals surface area (Å²) in [6.45, 7) is 0. The first-order valence-corrected chi connectivity index (χ1v) is 7.99. The van der Waals surface area contributed by atoms with Crippen molar-refractivity contribution in [2.45, 2.75) is 12.8 Å². The minimum atomic E-state index is -0.594. The van der Waals surface area contributed by atoms with Crippen molar-refractivity contribution < 1.29 is 14.0 Å². The Balaban J connectivity index is 1.73. The molecule has 2 aromatic carbocycles. The van der Waals surface area contributed by atoms with Gasteiger partial charge in [-0.15, -0.1) is 0 Å². The fourth-order valence-corrected chi connectivity index (χ4v) is 2.50. The minimum absolute atomic E-state index is 0.00786. The largest absolute Gasteiger partial charge is 0.326 e. The number of benzene rings is 2. The van der Waals surface area contributed by atoms with Gasteiger partial charge in [0.15, 0.2) is 0 Å². The molecule has 3 rings (SSSR count). The van der Waals surface area contributed by atoms with Gasteiger partial charge in [-0.3, -0.25) is 9.59 Å². The van der Waals surface area contributed by atoms with E-state index in [1.165, 1.54) is 18.2 Å². The van der Waals surface area contributed by atoms with Crippen LogP contribution in [-0.4, -0.2) is 11.8 Å². The molecular weight excluding hydrogens is 363 g/mol. The second kappa shape index (κ2) is 6.50. The first kappa shape index (κ1) is 15.7. The fourth-order valence-electron chi connectivity index (χ4n) is 2.13. The fraction of sp³-hybridized carbons (Fsp3) is 0.176. The van der Waals surface area contributed by atoms with Crippen molar-refractivity contribution in [2.75, 3.05) is 10.6 Å². The SMILES string of the molecule is O=C(Nc1cccc(NC(=O)C2CC2)c1)c1cc(Br)ccc1F. The van der Waals surface area contributed by atoms with Crippen LogP contribution in [0.3, 0.4) is 0 Å². The summed E-state index contributed by atoms with van der Waals surface area (Å²) in [6.07, 6.45) is 1.84. The summed E-state index contributed by atoms with van der Waals surface area (Å²) in [5.74, 6) is -1.05.